The SMILES string of the molecule is Cc1cc(NC(=O)c2cc(C)c(Br)s2)ccc1Br. The molecule has 1 aromatic heterocycles. The first-order valence-electron chi connectivity index (χ1n) is 5.31. The molecule has 0 bridgehead atoms. The molecular weight excluding hydrogens is 378 g/mol. The number of halogens is 2. The van der Waals surface area contributed by atoms with Crippen molar-refractivity contribution in [2.45, 2.75) is 13.8 Å². The first-order valence-corrected chi connectivity index (χ1v) is 7.71. The molecule has 1 heterocycles. The van der Waals surface area contributed by atoms with Crippen molar-refractivity contribution in [2.24, 2.45) is 0 Å². The largest absolute Gasteiger partial charge is 0.321 e. The minimum absolute atomic E-state index is 0.0736. The fourth-order valence-electron chi connectivity index (χ4n) is 1.49. The van der Waals surface area contributed by atoms with Gasteiger partial charge in [0.2, 0.25) is 0 Å². The first kappa shape index (κ1) is 13.8. The second kappa shape index (κ2) is 5.55. The molecule has 0 saturated carbocycles. The van der Waals surface area contributed by atoms with E-state index in [1.165, 1.54) is 11.3 Å². The van der Waals surface area contributed by atoms with E-state index in [2.05, 4.69) is 37.2 Å². The Hall–Kier alpha value is -0.650. The van der Waals surface area contributed by atoms with Crippen molar-refractivity contribution in [3.63, 3.8) is 0 Å². The van der Waals surface area contributed by atoms with Gasteiger partial charge < -0.3 is 5.32 Å². The van der Waals surface area contributed by atoms with E-state index in [4.69, 9.17) is 0 Å². The van der Waals surface area contributed by atoms with Crippen LogP contribution in [0.2, 0.25) is 0 Å². The third kappa shape index (κ3) is 3.02. The van der Waals surface area contributed by atoms with Gasteiger partial charge in [-0.2, -0.15) is 0 Å². The highest BCUT2D eigenvalue weighted by Gasteiger charge is 2.11. The molecule has 18 heavy (non-hydrogen) atoms. The summed E-state index contributed by atoms with van der Waals surface area (Å²) in [6.45, 7) is 3.97. The van der Waals surface area contributed by atoms with Gasteiger partial charge in [0.25, 0.3) is 5.91 Å². The fraction of sp³-hybridized carbons (Fsp3) is 0.154. The molecule has 2 rings (SSSR count). The van der Waals surface area contributed by atoms with Gasteiger partial charge in [-0.1, -0.05) is 15.9 Å². The zero-order chi connectivity index (χ0) is 13.3. The van der Waals surface area contributed by atoms with Gasteiger partial charge in [-0.3, -0.25) is 4.79 Å². The van der Waals surface area contributed by atoms with Crippen LogP contribution in [0.15, 0.2) is 32.5 Å². The summed E-state index contributed by atoms with van der Waals surface area (Å²) >= 11 is 8.30. The van der Waals surface area contributed by atoms with Crippen LogP contribution in [0.3, 0.4) is 0 Å². The zero-order valence-electron chi connectivity index (χ0n) is 9.88. The maximum absolute atomic E-state index is 12.0. The van der Waals surface area contributed by atoms with E-state index in [9.17, 15) is 4.79 Å². The number of anilines is 1. The topological polar surface area (TPSA) is 29.1 Å². The second-order valence-electron chi connectivity index (χ2n) is 3.99. The molecule has 2 nitrogen and oxygen atoms in total. The molecule has 1 aromatic carbocycles. The minimum Gasteiger partial charge on any atom is -0.321 e. The third-order valence-corrected chi connectivity index (χ3v) is 5.52. The smallest absolute Gasteiger partial charge is 0.265 e. The molecule has 2 aromatic rings. The van der Waals surface area contributed by atoms with Crippen LogP contribution >= 0.6 is 43.2 Å². The molecule has 0 radical (unpaired) electrons. The van der Waals surface area contributed by atoms with Crippen molar-refractivity contribution in [3.8, 4) is 0 Å². The van der Waals surface area contributed by atoms with Gasteiger partial charge in [-0.15, -0.1) is 11.3 Å². The average molecular weight is 389 g/mol. The molecule has 0 atom stereocenters. The van der Waals surface area contributed by atoms with Crippen LogP contribution < -0.4 is 5.32 Å². The number of amides is 1. The Bertz CT molecular complexity index is 588. The Balaban J connectivity index is 2.18. The van der Waals surface area contributed by atoms with Crippen LogP contribution in [0.25, 0.3) is 0 Å². The zero-order valence-corrected chi connectivity index (χ0v) is 13.9. The Morgan fingerprint density at radius 3 is 2.44 bits per heavy atom. The van der Waals surface area contributed by atoms with Crippen molar-refractivity contribution in [1.82, 2.24) is 0 Å². The van der Waals surface area contributed by atoms with E-state index in [1.807, 2.05) is 38.1 Å². The van der Waals surface area contributed by atoms with E-state index in [1.54, 1.807) is 0 Å². The monoisotopic (exact) mass is 387 g/mol. The number of thiophene rings is 1. The summed E-state index contributed by atoms with van der Waals surface area (Å²) in [5.41, 5.74) is 2.98. The van der Waals surface area contributed by atoms with Gasteiger partial charge in [-0.05, 0) is 65.2 Å². The lowest BCUT2D eigenvalue weighted by atomic mass is 10.2. The number of benzene rings is 1. The number of carbonyl (C=O) groups excluding carboxylic acids is 1. The molecule has 1 amide bonds. The average Bonchev–Trinajstić information content (AvgIpc) is 2.65. The van der Waals surface area contributed by atoms with Gasteiger partial charge in [0.05, 0.1) is 8.66 Å². The summed E-state index contributed by atoms with van der Waals surface area (Å²) < 4.78 is 2.04. The van der Waals surface area contributed by atoms with Crippen molar-refractivity contribution < 1.29 is 4.79 Å². The number of hydrogen-bond acceptors (Lipinski definition) is 2. The second-order valence-corrected chi connectivity index (χ2v) is 7.21. The predicted molar refractivity (Wildman–Crippen MR) is 83.6 cm³/mol. The van der Waals surface area contributed by atoms with Crippen LogP contribution in [-0.4, -0.2) is 5.91 Å². The Morgan fingerprint density at radius 2 is 1.89 bits per heavy atom. The van der Waals surface area contributed by atoms with Crippen LogP contribution in [0.4, 0.5) is 5.69 Å². The summed E-state index contributed by atoms with van der Waals surface area (Å²) in [4.78, 5) is 12.8. The lowest BCUT2D eigenvalue weighted by Gasteiger charge is -2.05. The lowest BCUT2D eigenvalue weighted by molar-refractivity contribution is 0.103. The molecule has 0 fully saturated rings. The van der Waals surface area contributed by atoms with E-state index in [-0.39, 0.29) is 5.91 Å². The van der Waals surface area contributed by atoms with Crippen molar-refractivity contribution in [3.05, 3.63) is 48.5 Å². The highest BCUT2D eigenvalue weighted by molar-refractivity contribution is 9.11. The molecule has 5 heteroatoms. The van der Waals surface area contributed by atoms with Crippen molar-refractivity contribution >= 4 is 54.8 Å². The standard InChI is InChI=1S/C13H11Br2NOS/c1-7-5-9(3-4-10(7)14)16-13(17)11-6-8(2)12(15)18-11/h3-6H,1-2H3,(H,16,17). The highest BCUT2D eigenvalue weighted by atomic mass is 79.9. The molecule has 0 saturated heterocycles. The van der Waals surface area contributed by atoms with E-state index >= 15 is 0 Å². The van der Waals surface area contributed by atoms with Crippen LogP contribution in [0.1, 0.15) is 20.8 Å². The molecule has 94 valence electrons. The molecule has 0 aliphatic carbocycles. The maximum Gasteiger partial charge on any atom is 0.265 e. The number of hydrogen-bond donors (Lipinski definition) is 1. The molecule has 0 aliphatic heterocycles. The minimum atomic E-state index is -0.0736. The number of carbonyl (C=O) groups is 1. The predicted octanol–water partition coefficient (Wildman–Crippen LogP) is 5.14. The summed E-state index contributed by atoms with van der Waals surface area (Å²) in [7, 11) is 0. The third-order valence-electron chi connectivity index (χ3n) is 2.50. The van der Waals surface area contributed by atoms with Gasteiger partial charge >= 0.3 is 0 Å². The molecular formula is C13H11Br2NOS. The Kier molecular flexibility index (Phi) is 4.25. The van der Waals surface area contributed by atoms with Gasteiger partial charge in [0.1, 0.15) is 0 Å². The van der Waals surface area contributed by atoms with E-state index < -0.39 is 0 Å². The van der Waals surface area contributed by atoms with Crippen LogP contribution in [0, 0.1) is 13.8 Å². The highest BCUT2D eigenvalue weighted by Crippen LogP contribution is 2.28. The van der Waals surface area contributed by atoms with Crippen LogP contribution in [-0.2, 0) is 0 Å². The summed E-state index contributed by atoms with van der Waals surface area (Å²) in [6, 6.07) is 7.64. The summed E-state index contributed by atoms with van der Waals surface area (Å²) in [5.74, 6) is -0.0736. The number of nitrogens with one attached hydrogen (secondary N) is 1. The summed E-state index contributed by atoms with van der Waals surface area (Å²) in [5, 5.41) is 2.90. The van der Waals surface area contributed by atoms with E-state index in [0.29, 0.717) is 4.88 Å². The molecule has 0 unspecified atom stereocenters. The number of rotatable bonds is 2. The molecule has 0 aliphatic rings. The van der Waals surface area contributed by atoms with E-state index in [0.717, 1.165) is 25.1 Å². The molecule has 1 N–H and O–H groups in total. The first-order chi connectivity index (χ1) is 8.47. The molecule has 0 spiro atoms. The fourth-order valence-corrected chi connectivity index (χ4v) is 3.16. The quantitative estimate of drug-likeness (QED) is 0.757. The number of aryl methyl sites for hydroxylation is 2. The van der Waals surface area contributed by atoms with Crippen molar-refractivity contribution in [2.75, 3.05) is 5.32 Å². The van der Waals surface area contributed by atoms with Crippen LogP contribution in [0.5, 0.6) is 0 Å². The lowest BCUT2D eigenvalue weighted by Crippen LogP contribution is -2.10. The van der Waals surface area contributed by atoms with Gasteiger partial charge in [0, 0.05) is 10.2 Å². The maximum atomic E-state index is 12.0. The Morgan fingerprint density at radius 1 is 1.17 bits per heavy atom. The van der Waals surface area contributed by atoms with Gasteiger partial charge in [0.15, 0.2) is 0 Å². The normalized spacial score (nSPS) is 10.4. The summed E-state index contributed by atoms with van der Waals surface area (Å²) in [6.07, 6.45) is 0. The van der Waals surface area contributed by atoms with Crippen molar-refractivity contribution in [1.29, 1.82) is 0 Å². The van der Waals surface area contributed by atoms with Gasteiger partial charge in [-0.25, -0.2) is 0 Å². The Labute approximate surface area is 127 Å².